The number of nitrogens with one attached hydrogen (secondary N) is 1. The second-order valence-corrected chi connectivity index (χ2v) is 4.73. The Labute approximate surface area is 141 Å². The van der Waals surface area contributed by atoms with Crippen molar-refractivity contribution < 1.29 is 19.0 Å². The van der Waals surface area contributed by atoms with Crippen LogP contribution in [0.4, 0.5) is 4.39 Å². The molecular weight excluding hydrogens is 321 g/mol. The van der Waals surface area contributed by atoms with Gasteiger partial charge in [-0.25, -0.2) is 4.39 Å². The summed E-state index contributed by atoms with van der Waals surface area (Å²) in [6.07, 6.45) is 0. The molecule has 0 aliphatic heterocycles. The first-order valence-electron chi connectivity index (χ1n) is 7.10. The van der Waals surface area contributed by atoms with Crippen LogP contribution >= 0.6 is 12.4 Å². The van der Waals surface area contributed by atoms with E-state index in [1.165, 1.54) is 6.07 Å². The minimum absolute atomic E-state index is 0. The van der Waals surface area contributed by atoms with Crippen molar-refractivity contribution in [3.63, 3.8) is 0 Å². The molecule has 0 unspecified atom stereocenters. The largest absolute Gasteiger partial charge is 0.493 e. The number of hydrogen-bond donors (Lipinski definition) is 2. The second-order valence-electron chi connectivity index (χ2n) is 4.73. The molecule has 0 aliphatic rings. The van der Waals surface area contributed by atoms with E-state index in [0.29, 0.717) is 30.2 Å². The molecule has 0 saturated carbocycles. The van der Waals surface area contributed by atoms with E-state index in [0.717, 1.165) is 5.56 Å². The molecule has 2 aromatic carbocycles. The van der Waals surface area contributed by atoms with Gasteiger partial charge in [0.1, 0.15) is 12.4 Å². The van der Waals surface area contributed by atoms with Crippen LogP contribution in [0.3, 0.4) is 0 Å². The lowest BCUT2D eigenvalue weighted by atomic mass is 10.1. The first-order chi connectivity index (χ1) is 10.8. The summed E-state index contributed by atoms with van der Waals surface area (Å²) in [6.45, 7) is 1.21. The number of hydrogen-bond acceptors (Lipinski definition) is 4. The molecule has 0 spiro atoms. The summed E-state index contributed by atoms with van der Waals surface area (Å²) in [6, 6.07) is 12.1. The second kappa shape index (κ2) is 10.0. The predicted octanol–water partition coefficient (Wildman–Crippen LogP) is 2.92. The molecule has 2 aromatic rings. The highest BCUT2D eigenvalue weighted by Gasteiger charge is 2.11. The average Bonchev–Trinajstić information content (AvgIpc) is 2.55. The minimum Gasteiger partial charge on any atom is -0.493 e. The number of aliphatic hydroxyl groups is 1. The van der Waals surface area contributed by atoms with Gasteiger partial charge in [0.15, 0.2) is 11.5 Å². The Morgan fingerprint density at radius 1 is 1.09 bits per heavy atom. The van der Waals surface area contributed by atoms with Crippen molar-refractivity contribution in [2.24, 2.45) is 0 Å². The molecular formula is C17H21ClFNO3. The lowest BCUT2D eigenvalue weighted by Gasteiger charge is -2.15. The van der Waals surface area contributed by atoms with Gasteiger partial charge in [-0.3, -0.25) is 0 Å². The third-order valence-electron chi connectivity index (χ3n) is 3.21. The summed E-state index contributed by atoms with van der Waals surface area (Å²) < 4.78 is 24.8. The molecule has 0 amide bonds. The molecule has 126 valence electrons. The SMILES string of the molecule is COc1cccc(CNCCO)c1OCc1ccccc1F.Cl. The summed E-state index contributed by atoms with van der Waals surface area (Å²) in [4.78, 5) is 0. The standard InChI is InChI=1S/C17H20FNO3.ClH/c1-21-16-8-4-6-13(11-19-9-10-20)17(16)22-12-14-5-2-3-7-15(14)18;/h2-8,19-20H,9-12H2,1H3;1H. The summed E-state index contributed by atoms with van der Waals surface area (Å²) >= 11 is 0. The van der Waals surface area contributed by atoms with Crippen molar-refractivity contribution >= 4 is 12.4 Å². The number of ether oxygens (including phenoxy) is 2. The van der Waals surface area contributed by atoms with Crippen molar-refractivity contribution in [1.82, 2.24) is 5.32 Å². The maximum atomic E-state index is 13.7. The summed E-state index contributed by atoms with van der Waals surface area (Å²) in [5.41, 5.74) is 1.38. The Hall–Kier alpha value is -1.82. The fourth-order valence-electron chi connectivity index (χ4n) is 2.09. The van der Waals surface area contributed by atoms with E-state index in [9.17, 15) is 4.39 Å². The zero-order chi connectivity index (χ0) is 15.8. The summed E-state index contributed by atoms with van der Waals surface area (Å²) in [7, 11) is 1.57. The number of aliphatic hydroxyl groups excluding tert-OH is 1. The first-order valence-corrected chi connectivity index (χ1v) is 7.10. The van der Waals surface area contributed by atoms with Gasteiger partial charge in [-0.05, 0) is 12.1 Å². The molecule has 0 saturated heterocycles. The van der Waals surface area contributed by atoms with Crippen LogP contribution in [0.25, 0.3) is 0 Å². The van der Waals surface area contributed by atoms with Gasteiger partial charge >= 0.3 is 0 Å². The highest BCUT2D eigenvalue weighted by Crippen LogP contribution is 2.32. The number of benzene rings is 2. The molecule has 2 rings (SSSR count). The van der Waals surface area contributed by atoms with Gasteiger partial charge in [-0.1, -0.05) is 30.3 Å². The average molecular weight is 342 g/mol. The summed E-state index contributed by atoms with van der Waals surface area (Å²) in [5.74, 6) is 0.885. The lowest BCUT2D eigenvalue weighted by Crippen LogP contribution is -2.18. The fourth-order valence-corrected chi connectivity index (χ4v) is 2.09. The van der Waals surface area contributed by atoms with Crippen molar-refractivity contribution in [2.45, 2.75) is 13.2 Å². The van der Waals surface area contributed by atoms with Crippen LogP contribution in [0.1, 0.15) is 11.1 Å². The Balaban J connectivity index is 0.00000264. The maximum Gasteiger partial charge on any atom is 0.166 e. The van der Waals surface area contributed by atoms with Crippen molar-refractivity contribution in [2.75, 3.05) is 20.3 Å². The highest BCUT2D eigenvalue weighted by atomic mass is 35.5. The number of rotatable bonds is 8. The van der Waals surface area contributed by atoms with Crippen LogP contribution in [0.5, 0.6) is 11.5 Å². The van der Waals surface area contributed by atoms with E-state index in [1.807, 2.05) is 12.1 Å². The highest BCUT2D eigenvalue weighted by molar-refractivity contribution is 5.85. The van der Waals surface area contributed by atoms with E-state index in [1.54, 1.807) is 31.4 Å². The van der Waals surface area contributed by atoms with Crippen LogP contribution < -0.4 is 14.8 Å². The van der Waals surface area contributed by atoms with Gasteiger partial charge in [0.2, 0.25) is 0 Å². The van der Waals surface area contributed by atoms with Crippen LogP contribution in [0.2, 0.25) is 0 Å². The van der Waals surface area contributed by atoms with E-state index in [4.69, 9.17) is 14.6 Å². The molecule has 0 heterocycles. The third kappa shape index (κ3) is 5.39. The molecule has 0 atom stereocenters. The minimum atomic E-state index is -0.294. The van der Waals surface area contributed by atoms with Gasteiger partial charge < -0.3 is 19.9 Å². The fraction of sp³-hybridized carbons (Fsp3) is 0.294. The first kappa shape index (κ1) is 19.2. The Bertz CT molecular complexity index is 610. The normalized spacial score (nSPS) is 10.0. The Morgan fingerprint density at radius 3 is 2.52 bits per heavy atom. The van der Waals surface area contributed by atoms with Crippen LogP contribution in [0, 0.1) is 5.82 Å². The third-order valence-corrected chi connectivity index (χ3v) is 3.21. The van der Waals surface area contributed by atoms with E-state index < -0.39 is 0 Å². The molecule has 0 aromatic heterocycles. The predicted molar refractivity (Wildman–Crippen MR) is 89.8 cm³/mol. The van der Waals surface area contributed by atoms with Crippen LogP contribution in [-0.4, -0.2) is 25.4 Å². The molecule has 6 heteroatoms. The van der Waals surface area contributed by atoms with Crippen molar-refractivity contribution in [3.8, 4) is 11.5 Å². The zero-order valence-corrected chi connectivity index (χ0v) is 13.7. The molecule has 4 nitrogen and oxygen atoms in total. The van der Waals surface area contributed by atoms with Gasteiger partial charge in [-0.15, -0.1) is 12.4 Å². The van der Waals surface area contributed by atoms with Crippen LogP contribution in [0.15, 0.2) is 42.5 Å². The van der Waals surface area contributed by atoms with Crippen LogP contribution in [-0.2, 0) is 13.2 Å². The van der Waals surface area contributed by atoms with Gasteiger partial charge in [0, 0.05) is 24.2 Å². The molecule has 0 bridgehead atoms. The van der Waals surface area contributed by atoms with Gasteiger partial charge in [-0.2, -0.15) is 0 Å². The molecule has 0 aliphatic carbocycles. The molecule has 23 heavy (non-hydrogen) atoms. The van der Waals surface area contributed by atoms with E-state index in [-0.39, 0.29) is 31.4 Å². The molecule has 2 N–H and O–H groups in total. The maximum absolute atomic E-state index is 13.7. The van der Waals surface area contributed by atoms with E-state index in [2.05, 4.69) is 5.32 Å². The topological polar surface area (TPSA) is 50.7 Å². The number of methoxy groups -OCH3 is 1. The smallest absolute Gasteiger partial charge is 0.166 e. The van der Waals surface area contributed by atoms with Gasteiger partial charge in [0.25, 0.3) is 0 Å². The van der Waals surface area contributed by atoms with E-state index >= 15 is 0 Å². The quantitative estimate of drug-likeness (QED) is 0.725. The zero-order valence-electron chi connectivity index (χ0n) is 12.9. The number of para-hydroxylation sites is 1. The summed E-state index contributed by atoms with van der Waals surface area (Å²) in [5, 5.41) is 11.9. The van der Waals surface area contributed by atoms with Crippen molar-refractivity contribution in [1.29, 1.82) is 0 Å². The Morgan fingerprint density at radius 2 is 1.83 bits per heavy atom. The number of halogens is 2. The molecule has 0 radical (unpaired) electrons. The van der Waals surface area contributed by atoms with Crippen molar-refractivity contribution in [3.05, 3.63) is 59.4 Å². The molecule has 0 fully saturated rings. The lowest BCUT2D eigenvalue weighted by molar-refractivity contribution is 0.273. The Kier molecular flexibility index (Phi) is 8.40. The van der Waals surface area contributed by atoms with Gasteiger partial charge in [0.05, 0.1) is 13.7 Å². The monoisotopic (exact) mass is 341 g/mol.